The van der Waals surface area contributed by atoms with Crippen LogP contribution in [0.25, 0.3) is 22.2 Å². The standard InChI is InChI=1S/C20H22FN7O2/c1-27(15-6-11-3-4-14(24-11)18(15)21)17-9-22-19(26-25-17)13-5-10-8-23-28(2)20(30)12(10)7-16(13)29/h5,7-9,11,14-15,18,24,29H,3-4,6H2,1-2H3/t11?,14?,15-,18+/m1/s1/i2D3. The molecule has 0 radical (unpaired) electrons. The van der Waals surface area contributed by atoms with Gasteiger partial charge in [0.2, 0.25) is 0 Å². The zero-order chi connectivity index (χ0) is 23.5. The zero-order valence-corrected chi connectivity index (χ0v) is 16.2. The molecule has 2 unspecified atom stereocenters. The van der Waals surface area contributed by atoms with Crippen molar-refractivity contribution >= 4 is 16.6 Å². The van der Waals surface area contributed by atoms with Crippen LogP contribution in [-0.4, -0.2) is 61.4 Å². The molecule has 9 nitrogen and oxygen atoms in total. The Labute approximate surface area is 175 Å². The minimum atomic E-state index is -2.74. The molecule has 2 bridgehead atoms. The Kier molecular flexibility index (Phi) is 3.64. The Bertz CT molecular complexity index is 1270. The number of benzene rings is 1. The molecule has 1 aromatic carbocycles. The van der Waals surface area contributed by atoms with Crippen molar-refractivity contribution in [2.45, 2.75) is 43.6 Å². The quantitative estimate of drug-likeness (QED) is 0.657. The van der Waals surface area contributed by atoms with Gasteiger partial charge in [-0.1, -0.05) is 0 Å². The molecular weight excluding hydrogens is 389 g/mol. The van der Waals surface area contributed by atoms with Crippen molar-refractivity contribution in [1.29, 1.82) is 0 Å². The third-order valence-electron chi connectivity index (χ3n) is 6.11. The van der Waals surface area contributed by atoms with Crippen LogP contribution in [0.2, 0.25) is 0 Å². The number of piperidine rings is 1. The summed E-state index contributed by atoms with van der Waals surface area (Å²) in [5.74, 6) is 0.216. The Balaban J connectivity index is 1.45. The number of rotatable bonds is 3. The van der Waals surface area contributed by atoms with Crippen LogP contribution in [-0.2, 0) is 6.98 Å². The van der Waals surface area contributed by atoms with E-state index in [1.54, 1.807) is 11.9 Å². The van der Waals surface area contributed by atoms with Crippen LogP contribution in [0.15, 0.2) is 29.3 Å². The first kappa shape index (κ1) is 15.7. The van der Waals surface area contributed by atoms with E-state index in [-0.39, 0.29) is 34.6 Å². The molecule has 5 rings (SSSR count). The summed E-state index contributed by atoms with van der Waals surface area (Å²) in [6.07, 6.45) is 4.13. The highest BCUT2D eigenvalue weighted by Crippen LogP contribution is 2.34. The van der Waals surface area contributed by atoms with Crippen LogP contribution in [0.3, 0.4) is 0 Å². The van der Waals surface area contributed by atoms with Gasteiger partial charge >= 0.3 is 0 Å². The van der Waals surface area contributed by atoms with E-state index >= 15 is 0 Å². The molecule has 2 aliphatic rings. The Morgan fingerprint density at radius 1 is 1.33 bits per heavy atom. The molecule has 156 valence electrons. The molecule has 0 amide bonds. The first-order chi connectivity index (χ1) is 15.6. The van der Waals surface area contributed by atoms with E-state index in [2.05, 4.69) is 25.6 Å². The maximum atomic E-state index is 14.9. The van der Waals surface area contributed by atoms with Crippen molar-refractivity contribution in [3.63, 3.8) is 0 Å². The van der Waals surface area contributed by atoms with Crippen molar-refractivity contribution in [1.82, 2.24) is 30.3 Å². The highest BCUT2D eigenvalue weighted by Gasteiger charge is 2.43. The summed E-state index contributed by atoms with van der Waals surface area (Å²) in [4.78, 5) is 18.5. The Morgan fingerprint density at radius 2 is 2.20 bits per heavy atom. The van der Waals surface area contributed by atoms with E-state index in [4.69, 9.17) is 4.11 Å². The number of nitrogens with zero attached hydrogens (tertiary/aromatic N) is 6. The number of hydrogen-bond donors (Lipinski definition) is 2. The van der Waals surface area contributed by atoms with Crippen molar-refractivity contribution < 1.29 is 13.6 Å². The molecule has 4 atom stereocenters. The van der Waals surface area contributed by atoms with E-state index in [1.165, 1.54) is 24.5 Å². The van der Waals surface area contributed by atoms with E-state index in [0.29, 0.717) is 28.3 Å². The molecule has 0 aliphatic carbocycles. The number of fused-ring (bicyclic) bond motifs is 3. The number of phenolic OH excluding ortho intramolecular Hbond substituents is 1. The average molecular weight is 414 g/mol. The van der Waals surface area contributed by atoms with Gasteiger partial charge < -0.3 is 15.3 Å². The van der Waals surface area contributed by atoms with Crippen LogP contribution in [0, 0.1) is 0 Å². The number of phenols is 1. The number of anilines is 1. The number of aromatic hydroxyl groups is 1. The highest BCUT2D eigenvalue weighted by atomic mass is 19.1. The number of aromatic nitrogens is 5. The topological polar surface area (TPSA) is 109 Å². The van der Waals surface area contributed by atoms with Gasteiger partial charge in [-0.05, 0) is 31.4 Å². The van der Waals surface area contributed by atoms with Gasteiger partial charge in [0.25, 0.3) is 5.56 Å². The third kappa shape index (κ3) is 2.98. The van der Waals surface area contributed by atoms with Gasteiger partial charge in [0.1, 0.15) is 11.9 Å². The van der Waals surface area contributed by atoms with Gasteiger partial charge in [0, 0.05) is 35.6 Å². The molecule has 10 heteroatoms. The second-order valence-electron chi connectivity index (χ2n) is 7.86. The highest BCUT2D eigenvalue weighted by molar-refractivity contribution is 5.88. The van der Waals surface area contributed by atoms with E-state index in [9.17, 15) is 14.3 Å². The molecule has 3 aromatic rings. The van der Waals surface area contributed by atoms with Crippen molar-refractivity contribution in [3.05, 3.63) is 34.9 Å². The number of aryl methyl sites for hydroxylation is 1. The smallest absolute Gasteiger partial charge is 0.274 e. The zero-order valence-electron chi connectivity index (χ0n) is 19.2. The SMILES string of the molecule is [2H]C([2H])([2H])n1ncc2cc(-c3ncc(N(C)[C@@H]4CC5CCC(N5)[C@@H]4F)nn3)c(O)cc2c1=O. The fourth-order valence-electron chi connectivity index (χ4n) is 4.44. The maximum Gasteiger partial charge on any atom is 0.274 e. The van der Waals surface area contributed by atoms with Gasteiger partial charge in [0.05, 0.1) is 29.4 Å². The van der Waals surface area contributed by atoms with Crippen LogP contribution < -0.4 is 15.8 Å². The second kappa shape index (κ2) is 6.98. The number of hydrogen-bond acceptors (Lipinski definition) is 8. The summed E-state index contributed by atoms with van der Waals surface area (Å²) in [5.41, 5.74) is -0.637. The van der Waals surface area contributed by atoms with Gasteiger partial charge in [-0.25, -0.2) is 14.1 Å². The lowest BCUT2D eigenvalue weighted by Crippen LogP contribution is -2.55. The molecule has 4 heterocycles. The van der Waals surface area contributed by atoms with Crippen LogP contribution in [0.4, 0.5) is 10.2 Å². The predicted octanol–water partition coefficient (Wildman–Crippen LogP) is 1.16. The lowest BCUT2D eigenvalue weighted by molar-refractivity contribution is 0.176. The van der Waals surface area contributed by atoms with Gasteiger partial charge in [-0.2, -0.15) is 5.10 Å². The summed E-state index contributed by atoms with van der Waals surface area (Å²) in [7, 11) is 1.77. The first-order valence-electron chi connectivity index (χ1n) is 11.2. The van der Waals surface area contributed by atoms with Gasteiger partial charge in [-0.15, -0.1) is 10.2 Å². The van der Waals surface area contributed by atoms with Crippen molar-refractivity contribution in [3.8, 4) is 17.1 Å². The van der Waals surface area contributed by atoms with Crippen molar-refractivity contribution in [2.75, 3.05) is 11.9 Å². The molecule has 2 aliphatic heterocycles. The summed E-state index contributed by atoms with van der Waals surface area (Å²) in [5, 5.41) is 26.1. The van der Waals surface area contributed by atoms with Gasteiger partial charge in [0.15, 0.2) is 11.6 Å². The van der Waals surface area contributed by atoms with Crippen molar-refractivity contribution in [2.24, 2.45) is 6.98 Å². The molecule has 2 N–H and O–H groups in total. The largest absolute Gasteiger partial charge is 0.507 e. The molecule has 2 saturated heterocycles. The summed E-state index contributed by atoms with van der Waals surface area (Å²) < 4.78 is 37.5. The fourth-order valence-corrected chi connectivity index (χ4v) is 4.44. The minimum Gasteiger partial charge on any atom is -0.507 e. The number of halogens is 1. The maximum absolute atomic E-state index is 14.9. The second-order valence-corrected chi connectivity index (χ2v) is 7.86. The molecule has 2 aromatic heterocycles. The molecule has 30 heavy (non-hydrogen) atoms. The average Bonchev–Trinajstić information content (AvgIpc) is 3.19. The Hall–Kier alpha value is -3.14. The Morgan fingerprint density at radius 3 is 2.97 bits per heavy atom. The third-order valence-corrected chi connectivity index (χ3v) is 6.11. The first-order valence-corrected chi connectivity index (χ1v) is 9.72. The minimum absolute atomic E-state index is 0.00112. The van der Waals surface area contributed by atoms with Crippen LogP contribution >= 0.6 is 0 Å². The molecule has 0 saturated carbocycles. The predicted molar refractivity (Wildman–Crippen MR) is 109 cm³/mol. The lowest BCUT2D eigenvalue weighted by Gasteiger charge is -2.38. The fraction of sp³-hybridized carbons (Fsp3) is 0.450. The number of nitrogens with one attached hydrogen (secondary N) is 1. The summed E-state index contributed by atoms with van der Waals surface area (Å²) >= 11 is 0. The van der Waals surface area contributed by atoms with E-state index in [0.717, 1.165) is 12.8 Å². The van der Waals surface area contributed by atoms with E-state index < -0.39 is 18.7 Å². The normalized spacial score (nSPS) is 27.5. The summed E-state index contributed by atoms with van der Waals surface area (Å²) in [6, 6.07) is 2.44. The molecule has 0 spiro atoms. The lowest BCUT2D eigenvalue weighted by atomic mass is 9.96. The monoisotopic (exact) mass is 414 g/mol. The van der Waals surface area contributed by atoms with Crippen LogP contribution in [0.1, 0.15) is 23.4 Å². The van der Waals surface area contributed by atoms with Gasteiger partial charge in [-0.3, -0.25) is 4.79 Å². The van der Waals surface area contributed by atoms with Crippen LogP contribution in [0.5, 0.6) is 5.75 Å². The molecule has 2 fully saturated rings. The molecular formula is C20H22FN7O2. The number of alkyl halides is 1. The van der Waals surface area contributed by atoms with E-state index in [1.807, 2.05) is 0 Å². The summed E-state index contributed by atoms with van der Waals surface area (Å²) in [6.45, 7) is -2.74.